The number of ether oxygens (including phenoxy) is 1. The zero-order valence-electron chi connectivity index (χ0n) is 10.1. The van der Waals surface area contributed by atoms with Crippen LogP contribution in [0.15, 0.2) is 24.3 Å². The summed E-state index contributed by atoms with van der Waals surface area (Å²) in [5, 5.41) is 8.86. The number of nitrogens with two attached hydrogens (primary N) is 1. The Labute approximate surface area is 105 Å². The van der Waals surface area contributed by atoms with Crippen LogP contribution in [0.25, 0.3) is 0 Å². The van der Waals surface area contributed by atoms with Gasteiger partial charge in [-0.25, -0.2) is 4.98 Å². The van der Waals surface area contributed by atoms with Crippen LogP contribution in [0.4, 0.5) is 5.82 Å². The van der Waals surface area contributed by atoms with Crippen molar-refractivity contribution < 1.29 is 4.74 Å². The highest BCUT2D eigenvalue weighted by Crippen LogP contribution is 2.25. The Balaban J connectivity index is 2.36. The molecule has 1 heterocycles. The van der Waals surface area contributed by atoms with Gasteiger partial charge in [0.25, 0.3) is 0 Å². The van der Waals surface area contributed by atoms with E-state index in [2.05, 4.69) is 16.0 Å². The van der Waals surface area contributed by atoms with Crippen LogP contribution in [-0.4, -0.2) is 9.97 Å². The summed E-state index contributed by atoms with van der Waals surface area (Å²) in [6.45, 7) is 3.63. The molecular formula is C13H12N4O. The van der Waals surface area contributed by atoms with Gasteiger partial charge in [0.1, 0.15) is 17.4 Å². The van der Waals surface area contributed by atoms with Crippen LogP contribution >= 0.6 is 0 Å². The van der Waals surface area contributed by atoms with Crippen LogP contribution in [0.3, 0.4) is 0 Å². The standard InChI is InChI=1S/C13H12N4O/c1-8-3-4-10(7-14)5-11(8)18-13-6-12(15)16-9(2)17-13/h3-6H,1-2H3,(H2,15,16,17). The maximum absolute atomic E-state index is 8.86. The zero-order chi connectivity index (χ0) is 13.1. The van der Waals surface area contributed by atoms with Crippen molar-refractivity contribution in [1.82, 2.24) is 9.97 Å². The van der Waals surface area contributed by atoms with Crippen LogP contribution in [0.2, 0.25) is 0 Å². The highest BCUT2D eigenvalue weighted by molar-refractivity contribution is 5.44. The van der Waals surface area contributed by atoms with E-state index in [4.69, 9.17) is 15.7 Å². The Hall–Kier alpha value is -2.61. The molecule has 90 valence electrons. The predicted molar refractivity (Wildman–Crippen MR) is 67.1 cm³/mol. The third kappa shape index (κ3) is 2.55. The second-order valence-corrected chi connectivity index (χ2v) is 3.87. The number of benzene rings is 1. The minimum atomic E-state index is 0.353. The average molecular weight is 240 g/mol. The lowest BCUT2D eigenvalue weighted by Crippen LogP contribution is -1.98. The molecule has 5 heteroatoms. The lowest BCUT2D eigenvalue weighted by molar-refractivity contribution is 0.457. The van der Waals surface area contributed by atoms with Crippen molar-refractivity contribution in [3.8, 4) is 17.7 Å². The van der Waals surface area contributed by atoms with Gasteiger partial charge in [-0.2, -0.15) is 10.2 Å². The average Bonchev–Trinajstić information content (AvgIpc) is 2.30. The molecule has 0 unspecified atom stereocenters. The van der Waals surface area contributed by atoms with Crippen molar-refractivity contribution in [2.75, 3.05) is 5.73 Å². The Morgan fingerprint density at radius 1 is 1.22 bits per heavy atom. The fourth-order valence-electron chi connectivity index (χ4n) is 1.51. The fraction of sp³-hybridized carbons (Fsp3) is 0.154. The van der Waals surface area contributed by atoms with Gasteiger partial charge in [-0.3, -0.25) is 0 Å². The molecule has 0 amide bonds. The summed E-state index contributed by atoms with van der Waals surface area (Å²) in [5.41, 5.74) is 7.08. The SMILES string of the molecule is Cc1nc(N)cc(Oc2cc(C#N)ccc2C)n1. The molecule has 18 heavy (non-hydrogen) atoms. The van der Waals surface area contributed by atoms with Gasteiger partial charge in [0, 0.05) is 6.07 Å². The summed E-state index contributed by atoms with van der Waals surface area (Å²) in [7, 11) is 0. The maximum atomic E-state index is 8.86. The van der Waals surface area contributed by atoms with E-state index in [1.165, 1.54) is 0 Å². The molecule has 0 saturated heterocycles. The van der Waals surface area contributed by atoms with E-state index in [0.29, 0.717) is 28.8 Å². The number of hydrogen-bond donors (Lipinski definition) is 1. The smallest absolute Gasteiger partial charge is 0.224 e. The molecule has 5 nitrogen and oxygen atoms in total. The van der Waals surface area contributed by atoms with Gasteiger partial charge in [0.15, 0.2) is 0 Å². The topological polar surface area (TPSA) is 84.8 Å². The lowest BCUT2D eigenvalue weighted by Gasteiger charge is -2.08. The summed E-state index contributed by atoms with van der Waals surface area (Å²) in [5.74, 6) is 1.86. The molecular weight excluding hydrogens is 228 g/mol. The summed E-state index contributed by atoms with van der Waals surface area (Å²) in [6.07, 6.45) is 0. The highest BCUT2D eigenvalue weighted by Gasteiger charge is 2.06. The van der Waals surface area contributed by atoms with Gasteiger partial charge in [-0.15, -0.1) is 0 Å². The number of anilines is 1. The zero-order valence-corrected chi connectivity index (χ0v) is 10.1. The lowest BCUT2D eigenvalue weighted by atomic mass is 10.1. The van der Waals surface area contributed by atoms with Crippen molar-refractivity contribution in [2.24, 2.45) is 0 Å². The maximum Gasteiger partial charge on any atom is 0.224 e. The minimum absolute atomic E-state index is 0.353. The third-order valence-electron chi connectivity index (χ3n) is 2.37. The summed E-state index contributed by atoms with van der Waals surface area (Å²) in [6, 6.07) is 8.84. The van der Waals surface area contributed by atoms with E-state index in [9.17, 15) is 0 Å². The number of hydrogen-bond acceptors (Lipinski definition) is 5. The van der Waals surface area contributed by atoms with E-state index < -0.39 is 0 Å². The number of nitrogens with zero attached hydrogens (tertiary/aromatic N) is 3. The van der Waals surface area contributed by atoms with E-state index >= 15 is 0 Å². The number of aromatic nitrogens is 2. The number of rotatable bonds is 2. The first-order chi connectivity index (χ1) is 8.58. The largest absolute Gasteiger partial charge is 0.439 e. The first-order valence-electron chi connectivity index (χ1n) is 5.38. The van der Waals surface area contributed by atoms with Gasteiger partial charge in [-0.1, -0.05) is 6.07 Å². The molecule has 2 N–H and O–H groups in total. The second-order valence-electron chi connectivity index (χ2n) is 3.87. The molecule has 0 spiro atoms. The van der Waals surface area contributed by atoms with Crippen molar-refractivity contribution in [2.45, 2.75) is 13.8 Å². The van der Waals surface area contributed by atoms with Crippen LogP contribution in [0.1, 0.15) is 17.0 Å². The Morgan fingerprint density at radius 3 is 2.67 bits per heavy atom. The molecule has 0 aliphatic carbocycles. The molecule has 1 aromatic heterocycles. The normalized spacial score (nSPS) is 9.83. The number of nitriles is 1. The fourth-order valence-corrected chi connectivity index (χ4v) is 1.51. The van der Waals surface area contributed by atoms with Crippen LogP contribution in [-0.2, 0) is 0 Å². The molecule has 0 saturated carbocycles. The molecule has 0 radical (unpaired) electrons. The molecule has 0 aliphatic rings. The quantitative estimate of drug-likeness (QED) is 0.870. The van der Waals surface area contributed by atoms with Crippen molar-refractivity contribution in [3.63, 3.8) is 0 Å². The van der Waals surface area contributed by atoms with Gasteiger partial charge in [0.05, 0.1) is 11.6 Å². The van der Waals surface area contributed by atoms with E-state index in [1.807, 2.05) is 13.0 Å². The number of aryl methyl sites for hydroxylation is 2. The van der Waals surface area contributed by atoms with Gasteiger partial charge >= 0.3 is 0 Å². The Morgan fingerprint density at radius 2 is 2.00 bits per heavy atom. The summed E-state index contributed by atoms with van der Waals surface area (Å²) in [4.78, 5) is 8.10. The van der Waals surface area contributed by atoms with Crippen molar-refractivity contribution in [3.05, 3.63) is 41.2 Å². The van der Waals surface area contributed by atoms with Gasteiger partial charge < -0.3 is 10.5 Å². The first-order valence-corrected chi connectivity index (χ1v) is 5.38. The molecule has 0 fully saturated rings. The first kappa shape index (κ1) is 11.9. The van der Waals surface area contributed by atoms with E-state index in [-0.39, 0.29) is 0 Å². The molecule has 1 aromatic carbocycles. The third-order valence-corrected chi connectivity index (χ3v) is 2.37. The van der Waals surface area contributed by atoms with Crippen LogP contribution in [0.5, 0.6) is 11.6 Å². The Bertz CT molecular complexity index is 611. The summed E-state index contributed by atoms with van der Waals surface area (Å²) < 4.78 is 5.63. The van der Waals surface area contributed by atoms with Gasteiger partial charge in [-0.05, 0) is 31.5 Å². The van der Waals surface area contributed by atoms with E-state index in [1.54, 1.807) is 25.1 Å². The van der Waals surface area contributed by atoms with E-state index in [0.717, 1.165) is 5.56 Å². The van der Waals surface area contributed by atoms with Crippen LogP contribution < -0.4 is 10.5 Å². The molecule has 2 aromatic rings. The van der Waals surface area contributed by atoms with Gasteiger partial charge in [0.2, 0.25) is 5.88 Å². The monoisotopic (exact) mass is 240 g/mol. The minimum Gasteiger partial charge on any atom is -0.439 e. The van der Waals surface area contributed by atoms with Crippen LogP contribution in [0, 0.1) is 25.2 Å². The molecule has 2 rings (SSSR count). The number of nitrogen functional groups attached to an aromatic ring is 1. The molecule has 0 atom stereocenters. The second kappa shape index (κ2) is 4.72. The molecule has 0 aliphatic heterocycles. The highest BCUT2D eigenvalue weighted by atomic mass is 16.5. The predicted octanol–water partition coefficient (Wildman–Crippen LogP) is 2.34. The summed E-state index contributed by atoms with van der Waals surface area (Å²) >= 11 is 0. The Kier molecular flexibility index (Phi) is 3.11. The van der Waals surface area contributed by atoms with Crippen molar-refractivity contribution >= 4 is 5.82 Å². The molecule has 0 bridgehead atoms. The van der Waals surface area contributed by atoms with Crippen molar-refractivity contribution in [1.29, 1.82) is 5.26 Å².